The second kappa shape index (κ2) is 5.55. The predicted octanol–water partition coefficient (Wildman–Crippen LogP) is 0.133. The van der Waals surface area contributed by atoms with Gasteiger partial charge in [-0.05, 0) is 0 Å². The number of nitrogens with two attached hydrogens (primary N) is 1. The number of hydrazine groups is 1. The lowest BCUT2D eigenvalue weighted by Crippen LogP contribution is -2.46. The van der Waals surface area contributed by atoms with Gasteiger partial charge >= 0.3 is 0 Å². The van der Waals surface area contributed by atoms with Gasteiger partial charge in [0.2, 0.25) is 5.96 Å². The summed E-state index contributed by atoms with van der Waals surface area (Å²) in [5.41, 5.74) is 2.61. The molecule has 6 heteroatoms. The number of nitrogens with zero attached hydrogens (tertiary/aromatic N) is 2. The Hall–Kier alpha value is -0.0700. The summed E-state index contributed by atoms with van der Waals surface area (Å²) in [7, 11) is 5.57. The van der Waals surface area contributed by atoms with Crippen LogP contribution in [0, 0.1) is 0 Å². The molecule has 1 saturated heterocycles. The van der Waals surface area contributed by atoms with Crippen molar-refractivity contribution in [1.82, 2.24) is 10.3 Å². The molecule has 0 saturated carbocycles. The SMILES string of the molecule is CN=C(NN)N1CCSSCC1. The van der Waals surface area contributed by atoms with E-state index in [4.69, 9.17) is 5.84 Å². The van der Waals surface area contributed by atoms with Crippen molar-refractivity contribution in [1.29, 1.82) is 0 Å². The van der Waals surface area contributed by atoms with Crippen molar-refractivity contribution in [2.24, 2.45) is 10.8 Å². The lowest BCUT2D eigenvalue weighted by Gasteiger charge is -2.22. The number of guanidine groups is 1. The quantitative estimate of drug-likeness (QED) is 0.194. The molecule has 1 fully saturated rings. The van der Waals surface area contributed by atoms with E-state index in [-0.39, 0.29) is 0 Å². The molecule has 4 nitrogen and oxygen atoms in total. The van der Waals surface area contributed by atoms with Gasteiger partial charge in [-0.3, -0.25) is 10.4 Å². The number of aliphatic imine (C=N–C) groups is 1. The van der Waals surface area contributed by atoms with Gasteiger partial charge in [-0.2, -0.15) is 0 Å². The first-order valence-electron chi connectivity index (χ1n) is 3.81. The van der Waals surface area contributed by atoms with Crippen LogP contribution in [0.2, 0.25) is 0 Å². The monoisotopic (exact) mass is 206 g/mol. The zero-order valence-corrected chi connectivity index (χ0v) is 8.75. The van der Waals surface area contributed by atoms with Gasteiger partial charge < -0.3 is 4.90 Å². The highest BCUT2D eigenvalue weighted by atomic mass is 33.1. The summed E-state index contributed by atoms with van der Waals surface area (Å²) < 4.78 is 0. The van der Waals surface area contributed by atoms with Crippen LogP contribution in [0.3, 0.4) is 0 Å². The summed E-state index contributed by atoms with van der Waals surface area (Å²) >= 11 is 0. The molecule has 0 aromatic carbocycles. The van der Waals surface area contributed by atoms with Crippen molar-refractivity contribution in [2.45, 2.75) is 0 Å². The van der Waals surface area contributed by atoms with Gasteiger partial charge in [-0.15, -0.1) is 0 Å². The van der Waals surface area contributed by atoms with E-state index in [0.717, 1.165) is 30.6 Å². The summed E-state index contributed by atoms with van der Waals surface area (Å²) in [6, 6.07) is 0. The number of nitrogens with one attached hydrogen (secondary N) is 1. The summed E-state index contributed by atoms with van der Waals surface area (Å²) in [5.74, 6) is 8.38. The van der Waals surface area contributed by atoms with Crippen molar-refractivity contribution < 1.29 is 0 Å². The van der Waals surface area contributed by atoms with E-state index in [1.54, 1.807) is 7.05 Å². The Morgan fingerprint density at radius 2 is 2.00 bits per heavy atom. The van der Waals surface area contributed by atoms with Crippen molar-refractivity contribution in [3.63, 3.8) is 0 Å². The summed E-state index contributed by atoms with van der Waals surface area (Å²) in [6.07, 6.45) is 0. The average Bonchev–Trinajstić information content (AvgIpc) is 2.35. The van der Waals surface area contributed by atoms with E-state index < -0.39 is 0 Å². The maximum absolute atomic E-state index is 5.33. The van der Waals surface area contributed by atoms with Crippen LogP contribution in [-0.2, 0) is 0 Å². The van der Waals surface area contributed by atoms with Crippen molar-refractivity contribution in [3.05, 3.63) is 0 Å². The normalized spacial score (nSPS) is 20.5. The van der Waals surface area contributed by atoms with Gasteiger partial charge in [0, 0.05) is 31.6 Å². The van der Waals surface area contributed by atoms with E-state index in [1.807, 2.05) is 21.6 Å². The van der Waals surface area contributed by atoms with Crippen LogP contribution >= 0.6 is 21.6 Å². The molecule has 0 aliphatic carbocycles. The van der Waals surface area contributed by atoms with Crippen LogP contribution < -0.4 is 11.3 Å². The molecule has 1 aliphatic heterocycles. The molecule has 0 amide bonds. The number of hydrogen-bond acceptors (Lipinski definition) is 4. The van der Waals surface area contributed by atoms with Gasteiger partial charge in [-0.1, -0.05) is 21.6 Å². The molecule has 70 valence electrons. The number of hydrogen-bond donors (Lipinski definition) is 2. The Balaban J connectivity index is 2.47. The minimum Gasteiger partial charge on any atom is -0.340 e. The van der Waals surface area contributed by atoms with E-state index >= 15 is 0 Å². The Morgan fingerprint density at radius 1 is 1.42 bits per heavy atom. The smallest absolute Gasteiger partial charge is 0.208 e. The van der Waals surface area contributed by atoms with Gasteiger partial charge in [0.25, 0.3) is 0 Å². The number of rotatable bonds is 0. The fraction of sp³-hybridized carbons (Fsp3) is 0.833. The largest absolute Gasteiger partial charge is 0.340 e. The van der Waals surface area contributed by atoms with Gasteiger partial charge in [-0.25, -0.2) is 5.84 Å². The second-order valence-electron chi connectivity index (χ2n) is 2.32. The topological polar surface area (TPSA) is 53.6 Å². The van der Waals surface area contributed by atoms with E-state index in [1.165, 1.54) is 0 Å². The lowest BCUT2D eigenvalue weighted by molar-refractivity contribution is 0.455. The molecule has 0 aromatic heterocycles. The van der Waals surface area contributed by atoms with Crippen LogP contribution in [0.4, 0.5) is 0 Å². The molecule has 1 aliphatic rings. The minimum absolute atomic E-state index is 0.790. The molecular formula is C6H14N4S2. The van der Waals surface area contributed by atoms with E-state index in [2.05, 4.69) is 15.3 Å². The molecule has 0 atom stereocenters. The maximum Gasteiger partial charge on any atom is 0.208 e. The van der Waals surface area contributed by atoms with Crippen molar-refractivity contribution in [2.75, 3.05) is 31.6 Å². The maximum atomic E-state index is 5.33. The fourth-order valence-corrected chi connectivity index (χ4v) is 3.01. The van der Waals surface area contributed by atoms with Crippen molar-refractivity contribution >= 4 is 27.5 Å². The molecule has 0 bridgehead atoms. The fourth-order valence-electron chi connectivity index (χ4n) is 1.03. The van der Waals surface area contributed by atoms with E-state index in [0.29, 0.717) is 0 Å². The first-order valence-corrected chi connectivity index (χ1v) is 6.30. The highest BCUT2D eigenvalue weighted by Gasteiger charge is 2.11. The van der Waals surface area contributed by atoms with Crippen LogP contribution in [0.25, 0.3) is 0 Å². The Kier molecular flexibility index (Phi) is 4.63. The molecule has 0 unspecified atom stereocenters. The molecule has 1 rings (SSSR count). The first kappa shape index (κ1) is 10.0. The van der Waals surface area contributed by atoms with Crippen LogP contribution in [0.5, 0.6) is 0 Å². The third-order valence-electron chi connectivity index (χ3n) is 1.61. The summed E-state index contributed by atoms with van der Waals surface area (Å²) in [5, 5.41) is 0. The van der Waals surface area contributed by atoms with E-state index in [9.17, 15) is 0 Å². The molecule has 1 heterocycles. The van der Waals surface area contributed by atoms with Crippen molar-refractivity contribution in [3.8, 4) is 0 Å². The zero-order valence-electron chi connectivity index (χ0n) is 7.12. The van der Waals surface area contributed by atoms with Gasteiger partial charge in [0.1, 0.15) is 0 Å². The van der Waals surface area contributed by atoms with Crippen LogP contribution in [0.15, 0.2) is 4.99 Å². The molecule has 0 radical (unpaired) electrons. The second-order valence-corrected chi connectivity index (χ2v) is 5.02. The third-order valence-corrected chi connectivity index (χ3v) is 3.98. The Labute approximate surface area is 80.7 Å². The standard InChI is InChI=1S/C6H14N4S2/c1-8-6(9-7)10-2-4-11-12-5-3-10/h2-5,7H2,1H3,(H,8,9). The molecule has 12 heavy (non-hydrogen) atoms. The van der Waals surface area contributed by atoms with Gasteiger partial charge in [0.15, 0.2) is 0 Å². The average molecular weight is 206 g/mol. The minimum atomic E-state index is 0.790. The highest BCUT2D eigenvalue weighted by molar-refractivity contribution is 8.76. The molecule has 0 aromatic rings. The summed E-state index contributed by atoms with van der Waals surface area (Å²) in [6.45, 7) is 2.04. The Bertz CT molecular complexity index is 154. The predicted molar refractivity (Wildman–Crippen MR) is 57.2 cm³/mol. The highest BCUT2D eigenvalue weighted by Crippen LogP contribution is 2.23. The third kappa shape index (κ3) is 2.76. The Morgan fingerprint density at radius 3 is 2.42 bits per heavy atom. The lowest BCUT2D eigenvalue weighted by atomic mass is 10.5. The van der Waals surface area contributed by atoms with Crippen LogP contribution in [0.1, 0.15) is 0 Å². The summed E-state index contributed by atoms with van der Waals surface area (Å²) in [4.78, 5) is 6.23. The molecular weight excluding hydrogens is 192 g/mol. The van der Waals surface area contributed by atoms with Gasteiger partial charge in [0.05, 0.1) is 0 Å². The first-order chi connectivity index (χ1) is 5.88. The molecule has 0 spiro atoms. The van der Waals surface area contributed by atoms with Crippen LogP contribution in [-0.4, -0.2) is 42.5 Å². The zero-order chi connectivity index (χ0) is 8.81. The molecule has 3 N–H and O–H groups in total.